The normalized spacial score (nSPS) is 11.3. The Balaban J connectivity index is 1.70. The Morgan fingerprint density at radius 1 is 0.909 bits per heavy atom. The minimum Gasteiger partial charge on any atom is -0.495 e. The third-order valence-corrected chi connectivity index (χ3v) is 7.04. The van der Waals surface area contributed by atoms with Crippen LogP contribution >= 0.6 is 0 Å². The topological polar surface area (TPSA) is 78.9 Å². The number of hydrogen-bond donors (Lipinski definition) is 1. The van der Waals surface area contributed by atoms with Gasteiger partial charge in [0, 0.05) is 24.8 Å². The van der Waals surface area contributed by atoms with Crippen molar-refractivity contribution in [3.8, 4) is 5.75 Å². The Hall–Kier alpha value is -3.36. The summed E-state index contributed by atoms with van der Waals surface area (Å²) in [5.41, 5.74) is 2.66. The van der Waals surface area contributed by atoms with Crippen LogP contribution in [-0.2, 0) is 16.4 Å². The number of benzene rings is 3. The second kappa shape index (κ2) is 10.5. The minimum absolute atomic E-state index is 0.0812. The summed E-state index contributed by atoms with van der Waals surface area (Å²) in [4.78, 5) is 14.8. The van der Waals surface area contributed by atoms with Crippen molar-refractivity contribution >= 4 is 27.3 Å². The lowest BCUT2D eigenvalue weighted by molar-refractivity contribution is 0.102. The van der Waals surface area contributed by atoms with E-state index in [1.54, 1.807) is 24.3 Å². The van der Waals surface area contributed by atoms with Crippen LogP contribution in [0.3, 0.4) is 0 Å². The molecule has 8 heteroatoms. The lowest BCUT2D eigenvalue weighted by atomic mass is 10.1. The molecule has 0 fully saturated rings. The maximum Gasteiger partial charge on any atom is 0.264 e. The van der Waals surface area contributed by atoms with Crippen molar-refractivity contribution in [2.45, 2.75) is 11.3 Å². The van der Waals surface area contributed by atoms with Gasteiger partial charge < -0.3 is 15.0 Å². The van der Waals surface area contributed by atoms with Crippen LogP contribution in [-0.4, -0.2) is 54.0 Å². The monoisotopic (exact) mass is 467 g/mol. The van der Waals surface area contributed by atoms with Gasteiger partial charge in [0.05, 0.1) is 17.7 Å². The van der Waals surface area contributed by atoms with Crippen molar-refractivity contribution in [3.63, 3.8) is 0 Å². The molecule has 7 nitrogen and oxygen atoms in total. The molecule has 0 aliphatic rings. The molecule has 0 aliphatic heterocycles. The van der Waals surface area contributed by atoms with Gasteiger partial charge in [-0.05, 0) is 74.6 Å². The van der Waals surface area contributed by atoms with Crippen LogP contribution in [0.15, 0.2) is 77.7 Å². The van der Waals surface area contributed by atoms with E-state index in [4.69, 9.17) is 4.74 Å². The molecule has 0 unspecified atom stereocenters. The first-order valence-corrected chi connectivity index (χ1v) is 11.9. The largest absolute Gasteiger partial charge is 0.495 e. The Kier molecular flexibility index (Phi) is 7.73. The number of nitrogens with zero attached hydrogens (tertiary/aromatic N) is 2. The van der Waals surface area contributed by atoms with Crippen LogP contribution in [0.4, 0.5) is 11.4 Å². The first-order valence-electron chi connectivity index (χ1n) is 10.5. The number of carbonyl (C=O) groups is 1. The van der Waals surface area contributed by atoms with Crippen LogP contribution in [0.5, 0.6) is 5.75 Å². The summed E-state index contributed by atoms with van der Waals surface area (Å²) in [6.45, 7) is 0.952. The molecule has 174 valence electrons. The zero-order chi connectivity index (χ0) is 24.0. The van der Waals surface area contributed by atoms with Crippen molar-refractivity contribution in [2.75, 3.05) is 44.4 Å². The number of amides is 1. The summed E-state index contributed by atoms with van der Waals surface area (Å²) < 4.78 is 32.6. The van der Waals surface area contributed by atoms with Crippen LogP contribution in [0.1, 0.15) is 15.9 Å². The van der Waals surface area contributed by atoms with Crippen LogP contribution in [0.25, 0.3) is 0 Å². The van der Waals surface area contributed by atoms with Gasteiger partial charge in [-0.25, -0.2) is 8.42 Å². The number of nitrogens with one attached hydrogen (secondary N) is 1. The molecule has 0 atom stereocenters. The van der Waals surface area contributed by atoms with E-state index in [0.717, 1.165) is 13.0 Å². The van der Waals surface area contributed by atoms with Crippen LogP contribution in [0, 0.1) is 0 Å². The van der Waals surface area contributed by atoms with E-state index >= 15 is 0 Å². The highest BCUT2D eigenvalue weighted by molar-refractivity contribution is 7.92. The molecular formula is C25H29N3O4S. The number of hydrogen-bond acceptors (Lipinski definition) is 5. The lowest BCUT2D eigenvalue weighted by Gasteiger charge is -2.21. The van der Waals surface area contributed by atoms with Gasteiger partial charge in [0.1, 0.15) is 5.75 Å². The van der Waals surface area contributed by atoms with E-state index in [2.05, 4.69) is 10.2 Å². The Labute approximate surface area is 195 Å². The molecule has 0 saturated heterocycles. The average molecular weight is 468 g/mol. The Bertz CT molecular complexity index is 1190. The maximum absolute atomic E-state index is 13.1. The molecular weight excluding hydrogens is 438 g/mol. The van der Waals surface area contributed by atoms with Gasteiger partial charge in [0.15, 0.2) is 0 Å². The number of carbonyl (C=O) groups excluding carboxylic acids is 1. The Morgan fingerprint density at radius 2 is 1.55 bits per heavy atom. The molecule has 3 aromatic carbocycles. The van der Waals surface area contributed by atoms with Gasteiger partial charge in [0.2, 0.25) is 0 Å². The zero-order valence-corrected chi connectivity index (χ0v) is 20.1. The predicted octanol–water partition coefficient (Wildman–Crippen LogP) is 3.88. The number of ether oxygens (including phenoxy) is 1. The number of anilines is 2. The molecule has 0 aliphatic carbocycles. The molecule has 3 rings (SSSR count). The molecule has 0 aromatic heterocycles. The van der Waals surface area contributed by atoms with Crippen molar-refractivity contribution < 1.29 is 17.9 Å². The first-order chi connectivity index (χ1) is 15.7. The summed E-state index contributed by atoms with van der Waals surface area (Å²) in [5, 5.41) is 2.85. The molecule has 1 N–H and O–H groups in total. The minimum atomic E-state index is -3.82. The van der Waals surface area contributed by atoms with Crippen LogP contribution in [0.2, 0.25) is 0 Å². The van der Waals surface area contributed by atoms with E-state index in [9.17, 15) is 13.2 Å². The zero-order valence-electron chi connectivity index (χ0n) is 19.3. The fourth-order valence-electron chi connectivity index (χ4n) is 3.27. The average Bonchev–Trinajstić information content (AvgIpc) is 2.83. The first kappa shape index (κ1) is 24.3. The second-order valence-corrected chi connectivity index (χ2v) is 9.84. The number of methoxy groups -OCH3 is 1. The van der Waals surface area contributed by atoms with Crippen molar-refractivity contribution in [1.82, 2.24) is 4.90 Å². The number of likely N-dealkylation sites (N-methyl/N-ethyl adjacent to an activating group) is 1. The van der Waals surface area contributed by atoms with Gasteiger partial charge in [-0.3, -0.25) is 9.10 Å². The fourth-order valence-corrected chi connectivity index (χ4v) is 4.47. The van der Waals surface area contributed by atoms with Gasteiger partial charge >= 0.3 is 0 Å². The van der Waals surface area contributed by atoms with E-state index < -0.39 is 10.0 Å². The number of sulfonamides is 1. The molecule has 3 aromatic rings. The van der Waals surface area contributed by atoms with Gasteiger partial charge in [-0.15, -0.1) is 0 Å². The SMILES string of the molecule is COc1ccccc1N(C)S(=O)(=O)c1ccc(C(=O)Nc2ccc(CCN(C)C)cc2)cc1. The van der Waals surface area contributed by atoms with E-state index in [0.29, 0.717) is 22.7 Å². The quantitative estimate of drug-likeness (QED) is 0.517. The standard InChI is InChI=1S/C25H29N3O4S/c1-27(2)18-17-19-9-13-21(14-10-19)26-25(29)20-11-15-22(16-12-20)33(30,31)28(3)23-7-5-6-8-24(23)32-4/h5-16H,17-18H2,1-4H3,(H,26,29). The Morgan fingerprint density at radius 3 is 2.15 bits per heavy atom. The van der Waals surface area contributed by atoms with Crippen molar-refractivity contribution in [1.29, 1.82) is 0 Å². The highest BCUT2D eigenvalue weighted by atomic mass is 32.2. The molecule has 33 heavy (non-hydrogen) atoms. The van der Waals surface area contributed by atoms with Gasteiger partial charge in [-0.2, -0.15) is 0 Å². The van der Waals surface area contributed by atoms with Crippen molar-refractivity contribution in [2.24, 2.45) is 0 Å². The number of rotatable bonds is 9. The number of para-hydroxylation sites is 2. The van der Waals surface area contributed by atoms with Gasteiger partial charge in [0.25, 0.3) is 15.9 Å². The summed E-state index contributed by atoms with van der Waals surface area (Å²) in [5.74, 6) is 0.144. The summed E-state index contributed by atoms with van der Waals surface area (Å²) in [6.07, 6.45) is 0.931. The molecule has 0 spiro atoms. The molecule has 0 radical (unpaired) electrons. The summed E-state index contributed by atoms with van der Waals surface area (Å²) >= 11 is 0. The van der Waals surface area contributed by atoms with E-state index in [1.807, 2.05) is 38.4 Å². The van der Waals surface area contributed by atoms with E-state index in [-0.39, 0.29) is 10.8 Å². The van der Waals surface area contributed by atoms with Crippen LogP contribution < -0.4 is 14.4 Å². The highest BCUT2D eigenvalue weighted by Crippen LogP contribution is 2.30. The van der Waals surface area contributed by atoms with Crippen molar-refractivity contribution in [3.05, 3.63) is 83.9 Å². The van der Waals surface area contributed by atoms with E-state index in [1.165, 1.54) is 48.3 Å². The molecule has 0 saturated carbocycles. The third-order valence-electron chi connectivity index (χ3n) is 5.26. The smallest absolute Gasteiger partial charge is 0.264 e. The predicted molar refractivity (Wildman–Crippen MR) is 132 cm³/mol. The second-order valence-electron chi connectivity index (χ2n) is 7.87. The molecule has 1 amide bonds. The third kappa shape index (κ3) is 5.91. The van der Waals surface area contributed by atoms with Gasteiger partial charge in [-0.1, -0.05) is 24.3 Å². The maximum atomic E-state index is 13.1. The summed E-state index contributed by atoms with van der Waals surface area (Å²) in [6, 6.07) is 20.5. The summed E-state index contributed by atoms with van der Waals surface area (Å²) in [7, 11) is 3.19. The fraction of sp³-hybridized carbons (Fsp3) is 0.240. The molecule has 0 bridgehead atoms. The molecule has 0 heterocycles. The lowest BCUT2D eigenvalue weighted by Crippen LogP contribution is -2.27. The highest BCUT2D eigenvalue weighted by Gasteiger charge is 2.24.